The van der Waals surface area contributed by atoms with Crippen LogP contribution in [0.15, 0.2) is 36.7 Å². The maximum Gasteiger partial charge on any atom is 0.237 e. The lowest BCUT2D eigenvalue weighted by atomic mass is 10.2. The fourth-order valence-electron chi connectivity index (χ4n) is 3.30. The number of anilines is 3. The highest BCUT2D eigenvalue weighted by atomic mass is 35.5. The first kappa shape index (κ1) is 24.1. The van der Waals surface area contributed by atoms with Gasteiger partial charge in [0.15, 0.2) is 0 Å². The number of halogens is 2. The molecule has 8 nitrogen and oxygen atoms in total. The van der Waals surface area contributed by atoms with Crippen LogP contribution in [0.3, 0.4) is 0 Å². The van der Waals surface area contributed by atoms with Crippen molar-refractivity contribution in [1.82, 2.24) is 9.97 Å². The van der Waals surface area contributed by atoms with Gasteiger partial charge >= 0.3 is 0 Å². The van der Waals surface area contributed by atoms with Crippen LogP contribution in [0, 0.1) is 5.82 Å². The molecule has 2 aromatic carbocycles. The van der Waals surface area contributed by atoms with Gasteiger partial charge in [0.2, 0.25) is 10.0 Å². The Kier molecular flexibility index (Phi) is 7.39. The highest BCUT2D eigenvalue weighted by Gasteiger charge is 2.35. The zero-order valence-corrected chi connectivity index (χ0v) is 20.6. The molecular weight excluding hydrogens is 511 g/mol. The standard InChI is InChI=1S/C20H20ClFN4O4S3/c1-2-30-19-9-17-14(8-18(19)26-33(28,29)10-13-5-6-31-32(13)27)20(24-11-23-17)25-12-3-4-16(22)15(21)7-12/h3-4,7-9,11,13,26H,2,5-6,10H2,1H3,(H,23,24,25). The molecule has 33 heavy (non-hydrogen) atoms. The molecule has 1 aliphatic heterocycles. The Balaban J connectivity index is 1.69. The first-order valence-electron chi connectivity index (χ1n) is 9.93. The highest BCUT2D eigenvalue weighted by molar-refractivity contribution is 8.72. The molecular formula is C20H20ClFN4O4S3. The normalized spacial score (nSPS) is 18.4. The lowest BCUT2D eigenvalue weighted by Gasteiger charge is -2.17. The van der Waals surface area contributed by atoms with Crippen LogP contribution in [0.5, 0.6) is 5.75 Å². The van der Waals surface area contributed by atoms with Crippen molar-refractivity contribution in [2.24, 2.45) is 0 Å². The molecule has 2 heterocycles. The van der Waals surface area contributed by atoms with Gasteiger partial charge in [0.05, 0.1) is 33.6 Å². The summed E-state index contributed by atoms with van der Waals surface area (Å²) in [4.78, 5) is 8.49. The zero-order valence-electron chi connectivity index (χ0n) is 17.4. The molecule has 4 rings (SSSR count). The molecule has 2 N–H and O–H groups in total. The molecule has 0 saturated carbocycles. The van der Waals surface area contributed by atoms with Crippen LogP contribution in [0.2, 0.25) is 5.02 Å². The Bertz CT molecular complexity index is 1280. The topological polar surface area (TPSA) is 116 Å². The van der Waals surface area contributed by atoms with Crippen molar-refractivity contribution in [1.29, 1.82) is 0 Å². The minimum atomic E-state index is -3.80. The fraction of sp³-hybridized carbons (Fsp3) is 0.300. The average Bonchev–Trinajstić information content (AvgIpc) is 3.15. The monoisotopic (exact) mass is 530 g/mol. The van der Waals surface area contributed by atoms with E-state index < -0.39 is 31.3 Å². The quantitative estimate of drug-likeness (QED) is 0.323. The van der Waals surface area contributed by atoms with Gasteiger partial charge in [-0.25, -0.2) is 22.8 Å². The number of nitrogens with one attached hydrogen (secondary N) is 2. The van der Waals surface area contributed by atoms with E-state index in [2.05, 4.69) is 20.0 Å². The number of aromatic nitrogens is 2. The van der Waals surface area contributed by atoms with Gasteiger partial charge < -0.3 is 14.6 Å². The Hall–Kier alpha value is -1.99. The Morgan fingerprint density at radius 2 is 2.15 bits per heavy atom. The lowest BCUT2D eigenvalue weighted by molar-refractivity contribution is 0.342. The second-order valence-corrected chi connectivity index (χ2v) is 12.8. The predicted octanol–water partition coefficient (Wildman–Crippen LogP) is 4.48. The minimum Gasteiger partial charge on any atom is -0.605 e. The SMILES string of the molecule is CCOc1cc2ncnc(Nc3ccc(F)c(Cl)c3)c2cc1NS(=O)(=O)CC1CCS[S+]1[O-]. The Morgan fingerprint density at radius 1 is 1.33 bits per heavy atom. The maximum atomic E-state index is 13.5. The van der Waals surface area contributed by atoms with E-state index in [9.17, 15) is 17.4 Å². The van der Waals surface area contributed by atoms with Crippen molar-refractivity contribution in [3.8, 4) is 5.75 Å². The van der Waals surface area contributed by atoms with Gasteiger partial charge in [0.25, 0.3) is 0 Å². The third kappa shape index (κ3) is 5.75. The maximum absolute atomic E-state index is 13.5. The molecule has 0 bridgehead atoms. The van der Waals surface area contributed by atoms with Crippen LogP contribution in [-0.2, 0) is 20.2 Å². The van der Waals surface area contributed by atoms with Crippen LogP contribution >= 0.6 is 22.4 Å². The molecule has 0 spiro atoms. The number of hydrogen-bond donors (Lipinski definition) is 2. The summed E-state index contributed by atoms with van der Waals surface area (Å²) >= 11 is 5.87. The third-order valence-electron chi connectivity index (χ3n) is 4.80. The first-order valence-corrected chi connectivity index (χ1v) is 14.7. The van der Waals surface area contributed by atoms with E-state index in [-0.39, 0.29) is 16.5 Å². The smallest absolute Gasteiger partial charge is 0.237 e. The van der Waals surface area contributed by atoms with Crippen molar-refractivity contribution in [2.75, 3.05) is 28.2 Å². The molecule has 176 valence electrons. The highest BCUT2D eigenvalue weighted by Crippen LogP contribution is 2.36. The number of benzene rings is 2. The summed E-state index contributed by atoms with van der Waals surface area (Å²) < 4.78 is 59.4. The summed E-state index contributed by atoms with van der Waals surface area (Å²) in [5, 5.41) is 3.10. The van der Waals surface area contributed by atoms with E-state index in [4.69, 9.17) is 16.3 Å². The molecule has 0 radical (unpaired) electrons. The fourth-order valence-corrected chi connectivity index (χ4v) is 9.04. The number of nitrogens with zero attached hydrogens (tertiary/aromatic N) is 2. The summed E-state index contributed by atoms with van der Waals surface area (Å²) in [6, 6.07) is 7.35. The minimum absolute atomic E-state index is 0.0482. The Labute approximate surface area is 202 Å². The molecule has 2 atom stereocenters. The van der Waals surface area contributed by atoms with E-state index in [0.717, 1.165) is 0 Å². The van der Waals surface area contributed by atoms with E-state index in [0.29, 0.717) is 46.9 Å². The first-order chi connectivity index (χ1) is 15.8. The molecule has 0 amide bonds. The van der Waals surface area contributed by atoms with Crippen LogP contribution in [-0.4, -0.2) is 46.3 Å². The van der Waals surface area contributed by atoms with Crippen LogP contribution in [0.1, 0.15) is 13.3 Å². The summed E-state index contributed by atoms with van der Waals surface area (Å²) in [5.74, 6) is 0.562. The van der Waals surface area contributed by atoms with Crippen molar-refractivity contribution in [2.45, 2.75) is 18.6 Å². The predicted molar refractivity (Wildman–Crippen MR) is 132 cm³/mol. The van der Waals surface area contributed by atoms with Crippen molar-refractivity contribution >= 4 is 70.7 Å². The van der Waals surface area contributed by atoms with Crippen molar-refractivity contribution in [3.63, 3.8) is 0 Å². The molecule has 0 aliphatic carbocycles. The van der Waals surface area contributed by atoms with E-state index in [1.807, 2.05) is 0 Å². The van der Waals surface area contributed by atoms with E-state index >= 15 is 0 Å². The molecule has 1 saturated heterocycles. The van der Waals surface area contributed by atoms with Gasteiger partial charge in [-0.3, -0.25) is 4.72 Å². The number of hydrogen-bond acceptors (Lipinski definition) is 8. The molecule has 13 heteroatoms. The largest absolute Gasteiger partial charge is 0.605 e. The van der Waals surface area contributed by atoms with Gasteiger partial charge in [-0.15, -0.1) is 0 Å². The number of rotatable bonds is 8. The van der Waals surface area contributed by atoms with Gasteiger partial charge in [0, 0.05) is 39.5 Å². The van der Waals surface area contributed by atoms with Gasteiger partial charge in [0.1, 0.15) is 34.7 Å². The number of ether oxygens (including phenoxy) is 1. The number of fused-ring (bicyclic) bond motifs is 1. The zero-order chi connectivity index (χ0) is 23.6. The third-order valence-corrected chi connectivity index (χ3v) is 10.3. The molecule has 2 unspecified atom stereocenters. The molecule has 1 fully saturated rings. The van der Waals surface area contributed by atoms with Gasteiger partial charge in [-0.2, -0.15) is 0 Å². The van der Waals surface area contributed by atoms with Crippen LogP contribution in [0.4, 0.5) is 21.6 Å². The molecule has 1 aromatic heterocycles. The number of sulfonamides is 1. The van der Waals surface area contributed by atoms with Crippen LogP contribution < -0.4 is 14.8 Å². The lowest BCUT2D eigenvalue weighted by Crippen LogP contribution is -2.28. The Morgan fingerprint density at radius 3 is 2.85 bits per heavy atom. The second kappa shape index (κ2) is 10.1. The second-order valence-electron chi connectivity index (χ2n) is 7.15. The van der Waals surface area contributed by atoms with Gasteiger partial charge in [-0.1, -0.05) is 11.6 Å². The molecule has 1 aliphatic rings. The summed E-state index contributed by atoms with van der Waals surface area (Å²) in [5.41, 5.74) is 1.23. The van der Waals surface area contributed by atoms with Gasteiger partial charge in [-0.05, 0) is 31.2 Å². The average molecular weight is 531 g/mol. The van der Waals surface area contributed by atoms with Crippen molar-refractivity contribution in [3.05, 3.63) is 47.5 Å². The van der Waals surface area contributed by atoms with E-state index in [1.165, 1.54) is 35.3 Å². The summed E-state index contributed by atoms with van der Waals surface area (Å²) in [6.45, 7) is 2.10. The van der Waals surface area contributed by atoms with Crippen LogP contribution in [0.25, 0.3) is 10.9 Å². The van der Waals surface area contributed by atoms with Crippen molar-refractivity contribution < 1.29 is 22.1 Å². The molecule has 3 aromatic rings. The van der Waals surface area contributed by atoms with E-state index in [1.54, 1.807) is 19.1 Å². The summed E-state index contributed by atoms with van der Waals surface area (Å²) in [7, 11) is -3.76. The summed E-state index contributed by atoms with van der Waals surface area (Å²) in [6.07, 6.45) is 1.93.